The lowest BCUT2D eigenvalue weighted by Gasteiger charge is -2.34. The van der Waals surface area contributed by atoms with E-state index in [1.807, 2.05) is 0 Å². The SMILES string of the molecule is CC1(CNCCNC(C)(C)C)CCCCC1. The van der Waals surface area contributed by atoms with Crippen LogP contribution in [0.4, 0.5) is 0 Å². The Kier molecular flexibility index (Phi) is 5.26. The van der Waals surface area contributed by atoms with Crippen LogP contribution in [0.5, 0.6) is 0 Å². The fraction of sp³-hybridized carbons (Fsp3) is 1.00. The fourth-order valence-electron chi connectivity index (χ4n) is 2.50. The van der Waals surface area contributed by atoms with Crippen molar-refractivity contribution in [1.29, 1.82) is 0 Å². The highest BCUT2D eigenvalue weighted by atomic mass is 15.0. The number of hydrogen-bond acceptors (Lipinski definition) is 2. The second-order valence-electron chi connectivity index (χ2n) is 6.72. The summed E-state index contributed by atoms with van der Waals surface area (Å²) in [6, 6.07) is 0. The predicted octanol–water partition coefficient (Wildman–Crippen LogP) is 2.93. The molecule has 0 spiro atoms. The van der Waals surface area contributed by atoms with Crippen molar-refractivity contribution in [2.75, 3.05) is 19.6 Å². The lowest BCUT2D eigenvalue weighted by atomic mass is 9.76. The van der Waals surface area contributed by atoms with Crippen molar-refractivity contribution in [1.82, 2.24) is 10.6 Å². The van der Waals surface area contributed by atoms with Gasteiger partial charge in [0.25, 0.3) is 0 Å². The van der Waals surface area contributed by atoms with Crippen LogP contribution in [0.2, 0.25) is 0 Å². The van der Waals surface area contributed by atoms with Crippen LogP contribution in [-0.4, -0.2) is 25.2 Å². The summed E-state index contributed by atoms with van der Waals surface area (Å²) >= 11 is 0. The molecule has 0 saturated heterocycles. The maximum atomic E-state index is 3.61. The molecule has 2 heteroatoms. The molecule has 0 heterocycles. The molecule has 0 aliphatic heterocycles. The summed E-state index contributed by atoms with van der Waals surface area (Å²) in [5, 5.41) is 7.12. The van der Waals surface area contributed by atoms with Gasteiger partial charge in [0.2, 0.25) is 0 Å². The molecule has 0 aromatic heterocycles. The van der Waals surface area contributed by atoms with Gasteiger partial charge in [-0.05, 0) is 39.0 Å². The maximum Gasteiger partial charge on any atom is 0.00970 e. The van der Waals surface area contributed by atoms with Gasteiger partial charge >= 0.3 is 0 Å². The van der Waals surface area contributed by atoms with E-state index in [0.717, 1.165) is 13.1 Å². The van der Waals surface area contributed by atoms with Gasteiger partial charge in [0.1, 0.15) is 0 Å². The van der Waals surface area contributed by atoms with Crippen molar-refractivity contribution in [2.24, 2.45) is 5.41 Å². The minimum Gasteiger partial charge on any atom is -0.315 e. The molecule has 0 amide bonds. The van der Waals surface area contributed by atoms with Crippen LogP contribution in [0.25, 0.3) is 0 Å². The summed E-state index contributed by atoms with van der Waals surface area (Å²) in [6.45, 7) is 12.4. The molecule has 1 rings (SSSR count). The van der Waals surface area contributed by atoms with Crippen LogP contribution in [0.3, 0.4) is 0 Å². The standard InChI is InChI=1S/C14H30N2/c1-13(2,3)16-11-10-15-12-14(4)8-6-5-7-9-14/h15-16H,5-12H2,1-4H3. The minimum atomic E-state index is 0.246. The highest BCUT2D eigenvalue weighted by Gasteiger charge is 2.25. The summed E-state index contributed by atoms with van der Waals surface area (Å²) in [5.41, 5.74) is 0.816. The number of hydrogen-bond donors (Lipinski definition) is 2. The van der Waals surface area contributed by atoms with Gasteiger partial charge in [0.05, 0.1) is 0 Å². The van der Waals surface area contributed by atoms with Crippen LogP contribution in [0.15, 0.2) is 0 Å². The zero-order valence-corrected chi connectivity index (χ0v) is 11.7. The lowest BCUT2D eigenvalue weighted by molar-refractivity contribution is 0.208. The van der Waals surface area contributed by atoms with Gasteiger partial charge in [-0.3, -0.25) is 0 Å². The van der Waals surface area contributed by atoms with Crippen molar-refractivity contribution < 1.29 is 0 Å². The Morgan fingerprint density at radius 1 is 1.00 bits per heavy atom. The Morgan fingerprint density at radius 2 is 1.62 bits per heavy atom. The van der Waals surface area contributed by atoms with E-state index in [1.165, 1.54) is 38.6 Å². The molecule has 0 bridgehead atoms. The van der Waals surface area contributed by atoms with E-state index >= 15 is 0 Å². The van der Waals surface area contributed by atoms with Gasteiger partial charge in [-0.2, -0.15) is 0 Å². The lowest BCUT2D eigenvalue weighted by Crippen LogP contribution is -2.42. The molecule has 96 valence electrons. The molecular formula is C14H30N2. The van der Waals surface area contributed by atoms with Gasteiger partial charge in [0.15, 0.2) is 0 Å². The number of rotatable bonds is 5. The average molecular weight is 226 g/mol. The fourth-order valence-corrected chi connectivity index (χ4v) is 2.50. The van der Waals surface area contributed by atoms with Crippen molar-refractivity contribution in [3.63, 3.8) is 0 Å². The summed E-state index contributed by atoms with van der Waals surface area (Å²) in [4.78, 5) is 0. The molecule has 1 saturated carbocycles. The van der Waals surface area contributed by atoms with Gasteiger partial charge in [-0.25, -0.2) is 0 Å². The third-order valence-corrected chi connectivity index (χ3v) is 3.57. The molecule has 1 fully saturated rings. The zero-order valence-electron chi connectivity index (χ0n) is 11.7. The molecule has 0 unspecified atom stereocenters. The Bertz CT molecular complexity index is 187. The van der Waals surface area contributed by atoms with Gasteiger partial charge in [0, 0.05) is 25.2 Å². The topological polar surface area (TPSA) is 24.1 Å². The second kappa shape index (κ2) is 6.02. The summed E-state index contributed by atoms with van der Waals surface area (Å²) in [6.07, 6.45) is 7.12. The van der Waals surface area contributed by atoms with Crippen LogP contribution in [0.1, 0.15) is 59.8 Å². The monoisotopic (exact) mass is 226 g/mol. The van der Waals surface area contributed by atoms with E-state index in [4.69, 9.17) is 0 Å². The first-order valence-electron chi connectivity index (χ1n) is 6.87. The van der Waals surface area contributed by atoms with Gasteiger partial charge in [-0.15, -0.1) is 0 Å². The predicted molar refractivity (Wildman–Crippen MR) is 71.8 cm³/mol. The van der Waals surface area contributed by atoms with E-state index in [9.17, 15) is 0 Å². The molecule has 2 N–H and O–H groups in total. The largest absolute Gasteiger partial charge is 0.315 e. The smallest absolute Gasteiger partial charge is 0.00970 e. The van der Waals surface area contributed by atoms with Gasteiger partial charge in [-0.1, -0.05) is 26.2 Å². The molecule has 0 atom stereocenters. The Morgan fingerprint density at radius 3 is 2.19 bits per heavy atom. The second-order valence-corrected chi connectivity index (χ2v) is 6.72. The Hall–Kier alpha value is -0.0800. The van der Waals surface area contributed by atoms with Crippen molar-refractivity contribution in [3.05, 3.63) is 0 Å². The first-order valence-corrected chi connectivity index (χ1v) is 6.87. The third kappa shape index (κ3) is 5.86. The van der Waals surface area contributed by atoms with E-state index in [0.29, 0.717) is 5.41 Å². The van der Waals surface area contributed by atoms with Crippen molar-refractivity contribution >= 4 is 0 Å². The normalized spacial score (nSPS) is 21.0. The Balaban J connectivity index is 2.06. The van der Waals surface area contributed by atoms with E-state index in [1.54, 1.807) is 0 Å². The van der Waals surface area contributed by atoms with Gasteiger partial charge < -0.3 is 10.6 Å². The van der Waals surface area contributed by atoms with Crippen LogP contribution >= 0.6 is 0 Å². The quantitative estimate of drug-likeness (QED) is 0.704. The van der Waals surface area contributed by atoms with Crippen molar-refractivity contribution in [2.45, 2.75) is 65.3 Å². The zero-order chi connectivity index (χ0) is 12.1. The molecule has 16 heavy (non-hydrogen) atoms. The van der Waals surface area contributed by atoms with Crippen LogP contribution in [0, 0.1) is 5.41 Å². The third-order valence-electron chi connectivity index (χ3n) is 3.57. The average Bonchev–Trinajstić information content (AvgIpc) is 2.16. The highest BCUT2D eigenvalue weighted by Crippen LogP contribution is 2.34. The van der Waals surface area contributed by atoms with Crippen LogP contribution < -0.4 is 10.6 Å². The maximum absolute atomic E-state index is 3.61. The molecule has 0 aromatic carbocycles. The minimum absolute atomic E-state index is 0.246. The van der Waals surface area contributed by atoms with Crippen LogP contribution in [-0.2, 0) is 0 Å². The van der Waals surface area contributed by atoms with Crippen molar-refractivity contribution in [3.8, 4) is 0 Å². The molecule has 2 nitrogen and oxygen atoms in total. The first kappa shape index (κ1) is 14.0. The molecular weight excluding hydrogens is 196 g/mol. The van der Waals surface area contributed by atoms with E-state index in [2.05, 4.69) is 38.3 Å². The molecule has 0 aromatic rings. The van der Waals surface area contributed by atoms with E-state index in [-0.39, 0.29) is 5.54 Å². The summed E-state index contributed by atoms with van der Waals surface area (Å²) in [7, 11) is 0. The first-order chi connectivity index (χ1) is 7.41. The summed E-state index contributed by atoms with van der Waals surface area (Å²) < 4.78 is 0. The molecule has 1 aliphatic rings. The Labute approximate surface area is 102 Å². The summed E-state index contributed by atoms with van der Waals surface area (Å²) in [5.74, 6) is 0. The molecule has 0 radical (unpaired) electrons. The number of nitrogens with one attached hydrogen (secondary N) is 2. The van der Waals surface area contributed by atoms with E-state index < -0.39 is 0 Å². The highest BCUT2D eigenvalue weighted by molar-refractivity contribution is 4.80. The molecule has 1 aliphatic carbocycles.